The summed E-state index contributed by atoms with van der Waals surface area (Å²) >= 11 is 0. The van der Waals surface area contributed by atoms with Crippen molar-refractivity contribution in [1.82, 2.24) is 20.3 Å². The second-order valence-corrected chi connectivity index (χ2v) is 8.09. The largest absolute Gasteiger partial charge is 0.461 e. The Morgan fingerprint density at radius 1 is 1.37 bits per heavy atom. The van der Waals surface area contributed by atoms with Crippen LogP contribution in [0.2, 0.25) is 0 Å². The van der Waals surface area contributed by atoms with E-state index in [0.717, 1.165) is 25.1 Å². The number of hydrogen-bond acceptors (Lipinski definition) is 6. The first-order valence-corrected chi connectivity index (χ1v) is 10.3. The fourth-order valence-corrected chi connectivity index (χ4v) is 4.15. The number of pyridine rings is 1. The maximum atomic E-state index is 14.2. The fourth-order valence-electron chi connectivity index (χ4n) is 4.15. The Labute approximate surface area is 175 Å². The summed E-state index contributed by atoms with van der Waals surface area (Å²) in [4.78, 5) is 26.1. The van der Waals surface area contributed by atoms with Crippen LogP contribution in [0.5, 0.6) is 6.01 Å². The van der Waals surface area contributed by atoms with Crippen molar-refractivity contribution in [3.63, 3.8) is 0 Å². The van der Waals surface area contributed by atoms with Crippen LogP contribution in [-0.2, 0) is 4.79 Å². The number of nitrogens with one attached hydrogen (secondary N) is 1. The molecular formula is C22H26FN5O2. The molecule has 1 saturated heterocycles. The lowest BCUT2D eigenvalue weighted by atomic mass is 10.2. The highest BCUT2D eigenvalue weighted by Crippen LogP contribution is 2.54. The summed E-state index contributed by atoms with van der Waals surface area (Å²) in [5.41, 5.74) is 0.892. The molecule has 0 aromatic carbocycles. The lowest BCUT2D eigenvalue weighted by molar-refractivity contribution is -0.116. The van der Waals surface area contributed by atoms with Crippen LogP contribution in [0.1, 0.15) is 25.8 Å². The van der Waals surface area contributed by atoms with Gasteiger partial charge in [-0.3, -0.25) is 9.78 Å². The van der Waals surface area contributed by atoms with Gasteiger partial charge in [0.2, 0.25) is 5.91 Å². The molecule has 158 valence electrons. The molecule has 1 aliphatic heterocycles. The molecule has 0 bridgehead atoms. The standard InChI is InChI=1S/C22H26FN5O2/c1-14(2)30-22-26-11-19(23)21(27-22)28-12-17-16(18(17)13-28)7-9-25-20(29)6-5-15-4-3-8-24-10-15/h3-6,8,10-11,14,16-18H,7,9,12-13H2,1-2H3,(H,25,29)/b6-5+/t16?,17-,18+. The monoisotopic (exact) mass is 411 g/mol. The van der Waals surface area contributed by atoms with Crippen LogP contribution < -0.4 is 15.0 Å². The molecule has 1 amide bonds. The molecule has 1 aliphatic carbocycles. The van der Waals surface area contributed by atoms with Crippen molar-refractivity contribution in [1.29, 1.82) is 0 Å². The van der Waals surface area contributed by atoms with E-state index in [2.05, 4.69) is 20.3 Å². The summed E-state index contributed by atoms with van der Waals surface area (Å²) in [5.74, 6) is 1.41. The molecule has 4 rings (SSSR count). The van der Waals surface area contributed by atoms with Gasteiger partial charge in [0.25, 0.3) is 0 Å². The number of rotatable bonds is 8. The smallest absolute Gasteiger partial charge is 0.318 e. The van der Waals surface area contributed by atoms with Gasteiger partial charge in [-0.25, -0.2) is 9.37 Å². The molecule has 3 atom stereocenters. The molecule has 2 aromatic rings. The highest BCUT2D eigenvalue weighted by molar-refractivity contribution is 5.91. The quantitative estimate of drug-likeness (QED) is 0.673. The van der Waals surface area contributed by atoms with Crippen LogP contribution in [0.3, 0.4) is 0 Å². The lowest BCUT2D eigenvalue weighted by Crippen LogP contribution is -2.28. The summed E-state index contributed by atoms with van der Waals surface area (Å²) in [7, 11) is 0. The van der Waals surface area contributed by atoms with E-state index in [1.54, 1.807) is 18.5 Å². The molecule has 0 spiro atoms. The minimum absolute atomic E-state index is 0.0610. The Kier molecular flexibility index (Phi) is 5.92. The average Bonchev–Trinajstić information content (AvgIpc) is 3.17. The van der Waals surface area contributed by atoms with E-state index in [1.807, 2.05) is 30.9 Å². The molecule has 1 unspecified atom stereocenters. The summed E-state index contributed by atoms with van der Waals surface area (Å²) in [6, 6.07) is 3.94. The summed E-state index contributed by atoms with van der Waals surface area (Å²) in [6.45, 7) is 5.96. The predicted octanol–water partition coefficient (Wildman–Crippen LogP) is 2.70. The number of carbonyl (C=O) groups excluding carboxylic acids is 1. The topological polar surface area (TPSA) is 80.2 Å². The minimum Gasteiger partial charge on any atom is -0.461 e. The number of halogens is 1. The zero-order chi connectivity index (χ0) is 21.1. The Balaban J connectivity index is 1.21. The van der Waals surface area contributed by atoms with Gasteiger partial charge in [0, 0.05) is 38.1 Å². The first kappa shape index (κ1) is 20.3. The van der Waals surface area contributed by atoms with E-state index in [0.29, 0.717) is 30.1 Å². The maximum Gasteiger partial charge on any atom is 0.318 e. The van der Waals surface area contributed by atoms with E-state index in [1.165, 1.54) is 12.3 Å². The van der Waals surface area contributed by atoms with Gasteiger partial charge in [-0.05, 0) is 55.7 Å². The molecule has 2 aliphatic rings. The van der Waals surface area contributed by atoms with Crippen molar-refractivity contribution < 1.29 is 13.9 Å². The number of piperidine rings is 1. The Hall–Kier alpha value is -3.03. The number of amides is 1. The number of anilines is 1. The van der Waals surface area contributed by atoms with Gasteiger partial charge in [0.15, 0.2) is 11.6 Å². The number of ether oxygens (including phenoxy) is 1. The third kappa shape index (κ3) is 4.75. The molecule has 7 nitrogen and oxygen atoms in total. The van der Waals surface area contributed by atoms with E-state index < -0.39 is 5.82 Å². The van der Waals surface area contributed by atoms with Gasteiger partial charge in [0.05, 0.1) is 12.3 Å². The van der Waals surface area contributed by atoms with E-state index in [9.17, 15) is 9.18 Å². The van der Waals surface area contributed by atoms with Crippen molar-refractivity contribution in [3.8, 4) is 6.01 Å². The van der Waals surface area contributed by atoms with Gasteiger partial charge >= 0.3 is 6.01 Å². The normalized spacial score (nSPS) is 22.4. The van der Waals surface area contributed by atoms with Crippen molar-refractivity contribution in [3.05, 3.63) is 48.2 Å². The molecule has 30 heavy (non-hydrogen) atoms. The minimum atomic E-state index is -0.420. The highest BCUT2D eigenvalue weighted by Gasteiger charge is 2.55. The Morgan fingerprint density at radius 2 is 2.17 bits per heavy atom. The Bertz CT molecular complexity index is 909. The van der Waals surface area contributed by atoms with Crippen molar-refractivity contribution in [2.24, 2.45) is 17.8 Å². The number of carbonyl (C=O) groups is 1. The first-order chi connectivity index (χ1) is 14.5. The van der Waals surface area contributed by atoms with Gasteiger partial charge < -0.3 is 15.0 Å². The number of fused-ring (bicyclic) bond motifs is 1. The van der Waals surface area contributed by atoms with Crippen LogP contribution in [0.25, 0.3) is 6.08 Å². The van der Waals surface area contributed by atoms with E-state index in [-0.39, 0.29) is 18.0 Å². The van der Waals surface area contributed by atoms with Crippen LogP contribution in [0.4, 0.5) is 10.2 Å². The predicted molar refractivity (Wildman–Crippen MR) is 111 cm³/mol. The zero-order valence-corrected chi connectivity index (χ0v) is 17.2. The van der Waals surface area contributed by atoms with Crippen LogP contribution >= 0.6 is 0 Å². The van der Waals surface area contributed by atoms with Crippen molar-refractivity contribution >= 4 is 17.8 Å². The van der Waals surface area contributed by atoms with Gasteiger partial charge in [-0.1, -0.05) is 6.07 Å². The third-order valence-electron chi connectivity index (χ3n) is 5.60. The highest BCUT2D eigenvalue weighted by atomic mass is 19.1. The number of aromatic nitrogens is 3. The zero-order valence-electron chi connectivity index (χ0n) is 17.2. The Morgan fingerprint density at radius 3 is 2.87 bits per heavy atom. The molecule has 1 saturated carbocycles. The maximum absolute atomic E-state index is 14.2. The number of nitrogens with zero attached hydrogens (tertiary/aromatic N) is 4. The van der Waals surface area contributed by atoms with Crippen LogP contribution in [-0.4, -0.2) is 46.6 Å². The van der Waals surface area contributed by atoms with Gasteiger partial charge in [-0.2, -0.15) is 4.98 Å². The van der Waals surface area contributed by atoms with Crippen molar-refractivity contribution in [2.45, 2.75) is 26.4 Å². The molecular weight excluding hydrogens is 385 g/mol. The fraction of sp³-hybridized carbons (Fsp3) is 0.455. The van der Waals surface area contributed by atoms with E-state index >= 15 is 0 Å². The summed E-state index contributed by atoms with van der Waals surface area (Å²) in [5, 5.41) is 2.93. The van der Waals surface area contributed by atoms with Gasteiger partial charge in [0.1, 0.15) is 0 Å². The summed E-state index contributed by atoms with van der Waals surface area (Å²) < 4.78 is 19.7. The summed E-state index contributed by atoms with van der Waals surface area (Å²) in [6.07, 6.45) is 8.73. The molecule has 1 N–H and O–H groups in total. The van der Waals surface area contributed by atoms with Crippen LogP contribution in [0, 0.1) is 23.6 Å². The SMILES string of the molecule is CC(C)Oc1ncc(F)c(N2C[C@@H]3C(CCNC(=O)/C=C/c4cccnc4)[C@@H]3C2)n1. The van der Waals surface area contributed by atoms with Gasteiger partial charge in [-0.15, -0.1) is 0 Å². The van der Waals surface area contributed by atoms with Crippen LogP contribution in [0.15, 0.2) is 36.8 Å². The van der Waals surface area contributed by atoms with Crippen molar-refractivity contribution in [2.75, 3.05) is 24.5 Å². The number of hydrogen-bond donors (Lipinski definition) is 1. The lowest BCUT2D eigenvalue weighted by Gasteiger charge is -2.21. The molecule has 8 heteroatoms. The van der Waals surface area contributed by atoms with E-state index in [4.69, 9.17) is 4.74 Å². The molecule has 2 aromatic heterocycles. The molecule has 2 fully saturated rings. The average molecular weight is 411 g/mol. The molecule has 0 radical (unpaired) electrons. The third-order valence-corrected chi connectivity index (χ3v) is 5.60. The second kappa shape index (κ2) is 8.77. The first-order valence-electron chi connectivity index (χ1n) is 10.3. The molecule has 3 heterocycles. The second-order valence-electron chi connectivity index (χ2n) is 8.09.